The molecule has 0 aliphatic heterocycles. The number of hydrogen-bond donors (Lipinski definition) is 0. The van der Waals surface area contributed by atoms with Gasteiger partial charge in [-0.15, -0.1) is 0 Å². The summed E-state index contributed by atoms with van der Waals surface area (Å²) in [6.07, 6.45) is 7.12. The van der Waals surface area contributed by atoms with E-state index in [0.29, 0.717) is 0 Å². The van der Waals surface area contributed by atoms with Gasteiger partial charge in [-0.05, 0) is 60.4 Å². The first-order valence-corrected chi connectivity index (χ1v) is 16.7. The second-order valence-corrected chi connectivity index (χ2v) is 13.9. The lowest BCUT2D eigenvalue weighted by atomic mass is 9.74. The van der Waals surface area contributed by atoms with Crippen molar-refractivity contribution in [3.05, 3.63) is 143 Å². The van der Waals surface area contributed by atoms with E-state index in [4.69, 9.17) is 8.37 Å². The maximum absolute atomic E-state index is 12.5. The smallest absolute Gasteiger partial charge is 0.262 e. The highest BCUT2D eigenvalue weighted by Crippen LogP contribution is 2.36. The Morgan fingerprint density at radius 3 is 1.28 bits per heavy atom. The second-order valence-electron chi connectivity index (χ2n) is 10.7. The molecule has 6 nitrogen and oxygen atoms in total. The molecule has 4 rings (SSSR count). The Morgan fingerprint density at radius 2 is 0.907 bits per heavy atom. The summed E-state index contributed by atoms with van der Waals surface area (Å²) in [5, 5.41) is 0. The summed E-state index contributed by atoms with van der Waals surface area (Å²) in [7, 11) is -7.73. The van der Waals surface area contributed by atoms with Crippen molar-refractivity contribution >= 4 is 32.4 Å². The molecule has 8 heteroatoms. The van der Waals surface area contributed by atoms with Crippen LogP contribution in [0.4, 0.5) is 0 Å². The van der Waals surface area contributed by atoms with Crippen LogP contribution in [0.5, 0.6) is 0 Å². The quantitative estimate of drug-likeness (QED) is 0.154. The summed E-state index contributed by atoms with van der Waals surface area (Å²) in [5.74, 6) is 0. The molecule has 0 bridgehead atoms. The maximum Gasteiger partial charge on any atom is 0.297 e. The zero-order valence-corrected chi connectivity index (χ0v) is 26.4. The molecule has 4 aromatic carbocycles. The van der Waals surface area contributed by atoms with Crippen molar-refractivity contribution in [2.75, 3.05) is 13.2 Å². The van der Waals surface area contributed by atoms with Gasteiger partial charge in [-0.1, -0.05) is 122 Å². The van der Waals surface area contributed by atoms with E-state index in [0.717, 1.165) is 33.4 Å². The van der Waals surface area contributed by atoms with E-state index >= 15 is 0 Å². The van der Waals surface area contributed by atoms with Gasteiger partial charge in [0.1, 0.15) is 0 Å². The molecule has 4 aromatic rings. The lowest BCUT2D eigenvalue weighted by Gasteiger charge is -2.29. The fourth-order valence-corrected chi connectivity index (χ4v) is 6.45. The van der Waals surface area contributed by atoms with Gasteiger partial charge in [0.2, 0.25) is 0 Å². The van der Waals surface area contributed by atoms with E-state index in [1.54, 1.807) is 36.4 Å². The van der Waals surface area contributed by atoms with Crippen LogP contribution in [-0.4, -0.2) is 30.0 Å². The molecule has 0 atom stereocenters. The van der Waals surface area contributed by atoms with E-state index in [1.807, 2.05) is 74.5 Å². The second kappa shape index (κ2) is 13.7. The summed E-state index contributed by atoms with van der Waals surface area (Å²) in [4.78, 5) is 0.242. The van der Waals surface area contributed by atoms with Gasteiger partial charge in [0.15, 0.2) is 0 Å². The van der Waals surface area contributed by atoms with Gasteiger partial charge in [-0.2, -0.15) is 16.8 Å². The number of aryl methyl sites for hydroxylation is 2. The van der Waals surface area contributed by atoms with Gasteiger partial charge in [0, 0.05) is 5.41 Å². The zero-order chi connectivity index (χ0) is 31.1. The molecule has 0 radical (unpaired) electrons. The first kappa shape index (κ1) is 32.1. The lowest BCUT2D eigenvalue weighted by molar-refractivity contribution is 0.356. The fraction of sp³-hybridized carbons (Fsp3) is 0.200. The molecule has 43 heavy (non-hydrogen) atoms. The Morgan fingerprint density at radius 1 is 0.558 bits per heavy atom. The standard InChI is InChI=1S/C35H36O6S2/c1-27-17-21-31(22-18-27)42(36,37)40-25-9-13-29-11-5-7-15-33(29)35(3,4)34-16-8-6-12-30(34)14-10-26-41-43(38,39)32-23-19-28(2)20-24-32/h5-24H,25-26H2,1-4H3. The Balaban J connectivity index is 1.49. The van der Waals surface area contributed by atoms with Crippen LogP contribution in [-0.2, 0) is 34.0 Å². The zero-order valence-electron chi connectivity index (χ0n) is 24.7. The van der Waals surface area contributed by atoms with Crippen molar-refractivity contribution in [2.24, 2.45) is 0 Å². The number of benzene rings is 4. The van der Waals surface area contributed by atoms with Gasteiger partial charge in [0.05, 0.1) is 23.0 Å². The van der Waals surface area contributed by atoms with Crippen LogP contribution in [0.1, 0.15) is 47.2 Å². The molecule has 0 aliphatic rings. The number of rotatable bonds is 12. The fourth-order valence-electron chi connectivity index (χ4n) is 4.72. The van der Waals surface area contributed by atoms with Gasteiger partial charge in [-0.25, -0.2) is 0 Å². The van der Waals surface area contributed by atoms with Crippen LogP contribution in [0.2, 0.25) is 0 Å². The topological polar surface area (TPSA) is 86.7 Å². The van der Waals surface area contributed by atoms with Crippen molar-refractivity contribution in [1.29, 1.82) is 0 Å². The van der Waals surface area contributed by atoms with E-state index in [1.165, 1.54) is 24.3 Å². The van der Waals surface area contributed by atoms with Gasteiger partial charge >= 0.3 is 0 Å². The molecule has 0 saturated heterocycles. The lowest BCUT2D eigenvalue weighted by Crippen LogP contribution is -2.21. The van der Waals surface area contributed by atoms with Gasteiger partial charge < -0.3 is 0 Å². The third-order valence-corrected chi connectivity index (χ3v) is 9.71. The van der Waals surface area contributed by atoms with Crippen molar-refractivity contribution in [2.45, 2.75) is 42.9 Å². The summed E-state index contributed by atoms with van der Waals surface area (Å²) >= 11 is 0. The van der Waals surface area contributed by atoms with Gasteiger partial charge in [-0.3, -0.25) is 8.37 Å². The Labute approximate surface area is 255 Å². The summed E-state index contributed by atoms with van der Waals surface area (Å²) < 4.78 is 60.7. The molecule has 0 amide bonds. The molecule has 224 valence electrons. The van der Waals surface area contributed by atoms with Crippen LogP contribution < -0.4 is 0 Å². The van der Waals surface area contributed by atoms with E-state index in [9.17, 15) is 16.8 Å². The molecular weight excluding hydrogens is 581 g/mol. The minimum absolute atomic E-state index is 0.101. The molecular formula is C35H36O6S2. The first-order chi connectivity index (χ1) is 20.4. The molecule has 0 aliphatic carbocycles. The van der Waals surface area contributed by atoms with E-state index < -0.39 is 25.7 Å². The largest absolute Gasteiger partial charge is 0.297 e. The number of hydrogen-bond acceptors (Lipinski definition) is 6. The maximum atomic E-state index is 12.5. The highest BCUT2D eigenvalue weighted by molar-refractivity contribution is 7.87. The average molecular weight is 617 g/mol. The van der Waals surface area contributed by atoms with Gasteiger partial charge in [0.25, 0.3) is 20.2 Å². The average Bonchev–Trinajstić information content (AvgIpc) is 2.98. The Bertz CT molecular complexity index is 1680. The van der Waals surface area contributed by atoms with Crippen molar-refractivity contribution in [3.63, 3.8) is 0 Å². The van der Waals surface area contributed by atoms with Crippen molar-refractivity contribution in [1.82, 2.24) is 0 Å². The molecule has 0 N–H and O–H groups in total. The first-order valence-electron chi connectivity index (χ1n) is 13.8. The SMILES string of the molecule is Cc1ccc(S(=O)(=O)OCC=Cc2ccccc2C(C)(C)c2ccccc2C=CCOS(=O)(=O)c2ccc(C)cc2)cc1. The molecule has 0 heterocycles. The molecule has 0 saturated carbocycles. The van der Waals surface area contributed by atoms with Crippen LogP contribution >= 0.6 is 0 Å². The Hall–Kier alpha value is -3.82. The summed E-state index contributed by atoms with van der Waals surface area (Å²) in [5.41, 5.74) is 5.40. The molecule has 0 fully saturated rings. The van der Waals surface area contributed by atoms with Crippen LogP contribution in [0, 0.1) is 13.8 Å². The van der Waals surface area contributed by atoms with E-state index in [2.05, 4.69) is 13.8 Å². The van der Waals surface area contributed by atoms with Crippen LogP contribution in [0.3, 0.4) is 0 Å². The monoisotopic (exact) mass is 616 g/mol. The van der Waals surface area contributed by atoms with Crippen molar-refractivity contribution in [3.8, 4) is 0 Å². The minimum Gasteiger partial charge on any atom is -0.262 e. The highest BCUT2D eigenvalue weighted by atomic mass is 32.2. The normalized spacial score (nSPS) is 12.7. The van der Waals surface area contributed by atoms with Crippen molar-refractivity contribution < 1.29 is 25.2 Å². The summed E-state index contributed by atoms with van der Waals surface area (Å²) in [6, 6.07) is 28.9. The highest BCUT2D eigenvalue weighted by Gasteiger charge is 2.27. The molecule has 0 aromatic heterocycles. The predicted octanol–water partition coefficient (Wildman–Crippen LogP) is 7.47. The summed E-state index contributed by atoms with van der Waals surface area (Å²) in [6.45, 7) is 7.81. The van der Waals surface area contributed by atoms with E-state index in [-0.39, 0.29) is 23.0 Å². The van der Waals surface area contributed by atoms with Crippen LogP contribution in [0.15, 0.2) is 119 Å². The molecule has 0 unspecified atom stereocenters. The Kier molecular flexibility index (Phi) is 10.2. The predicted molar refractivity (Wildman–Crippen MR) is 172 cm³/mol. The molecule has 0 spiro atoms. The third kappa shape index (κ3) is 8.18. The third-order valence-electron chi connectivity index (χ3n) is 7.12. The van der Waals surface area contributed by atoms with Crippen LogP contribution in [0.25, 0.3) is 12.2 Å². The minimum atomic E-state index is -3.86.